The molecule has 0 bridgehead atoms. The van der Waals surface area contributed by atoms with Crippen molar-refractivity contribution in [1.82, 2.24) is 9.80 Å². The van der Waals surface area contributed by atoms with Gasteiger partial charge in [-0.05, 0) is 48.2 Å². The van der Waals surface area contributed by atoms with E-state index in [2.05, 4.69) is 0 Å². The van der Waals surface area contributed by atoms with Gasteiger partial charge in [0.2, 0.25) is 5.91 Å². The van der Waals surface area contributed by atoms with E-state index in [0.29, 0.717) is 51.1 Å². The Morgan fingerprint density at radius 3 is 2.17 bits per heavy atom. The van der Waals surface area contributed by atoms with Crippen molar-refractivity contribution in [3.63, 3.8) is 0 Å². The van der Waals surface area contributed by atoms with Crippen LogP contribution < -0.4 is 10.5 Å². The maximum atomic E-state index is 12.8. The van der Waals surface area contributed by atoms with Crippen LogP contribution in [-0.4, -0.2) is 54.9 Å². The summed E-state index contributed by atoms with van der Waals surface area (Å²) in [6.45, 7) is 2.96. The number of methoxy groups -OCH3 is 1. The van der Waals surface area contributed by atoms with Crippen molar-refractivity contribution >= 4 is 11.8 Å². The lowest BCUT2D eigenvalue weighted by atomic mass is 10.1. The summed E-state index contributed by atoms with van der Waals surface area (Å²) in [6, 6.07) is 15.2. The van der Waals surface area contributed by atoms with Crippen molar-refractivity contribution in [2.45, 2.75) is 25.8 Å². The number of carbonyl (C=O) groups excluding carboxylic acids is 2. The van der Waals surface area contributed by atoms with E-state index in [4.69, 9.17) is 10.5 Å². The number of amides is 2. The van der Waals surface area contributed by atoms with Gasteiger partial charge in [0.1, 0.15) is 5.75 Å². The van der Waals surface area contributed by atoms with Crippen LogP contribution in [0.15, 0.2) is 48.5 Å². The van der Waals surface area contributed by atoms with Gasteiger partial charge in [-0.2, -0.15) is 0 Å². The van der Waals surface area contributed by atoms with Gasteiger partial charge in [0, 0.05) is 44.7 Å². The van der Waals surface area contributed by atoms with Crippen molar-refractivity contribution in [3.05, 3.63) is 65.2 Å². The molecule has 2 aromatic carbocycles. The van der Waals surface area contributed by atoms with Gasteiger partial charge < -0.3 is 20.3 Å². The maximum absolute atomic E-state index is 12.8. The maximum Gasteiger partial charge on any atom is 0.253 e. The van der Waals surface area contributed by atoms with E-state index in [1.165, 1.54) is 0 Å². The molecular weight excluding hydrogens is 366 g/mol. The number of benzene rings is 2. The standard InChI is InChI=1S/C23H29N3O3/c1-29-21-10-5-18(6-11-21)7-12-22(27)25-13-2-14-26(16-15-25)23(28)20-8-3-19(17-24)4-9-20/h3-6,8-11H,2,7,12-17,24H2,1H3. The van der Waals surface area contributed by atoms with E-state index < -0.39 is 0 Å². The zero-order chi connectivity index (χ0) is 20.6. The topological polar surface area (TPSA) is 75.9 Å². The monoisotopic (exact) mass is 395 g/mol. The first-order chi connectivity index (χ1) is 14.1. The van der Waals surface area contributed by atoms with Crippen LogP contribution >= 0.6 is 0 Å². The molecule has 0 aliphatic carbocycles. The number of nitrogens with zero attached hydrogens (tertiary/aromatic N) is 2. The molecule has 1 fully saturated rings. The summed E-state index contributed by atoms with van der Waals surface area (Å²) in [7, 11) is 1.64. The van der Waals surface area contributed by atoms with Crippen molar-refractivity contribution < 1.29 is 14.3 Å². The second-order valence-electron chi connectivity index (χ2n) is 7.28. The van der Waals surface area contributed by atoms with Gasteiger partial charge in [-0.1, -0.05) is 24.3 Å². The predicted molar refractivity (Wildman–Crippen MR) is 113 cm³/mol. The highest BCUT2D eigenvalue weighted by Gasteiger charge is 2.22. The van der Waals surface area contributed by atoms with E-state index in [9.17, 15) is 9.59 Å². The summed E-state index contributed by atoms with van der Waals surface area (Å²) in [5, 5.41) is 0. The fourth-order valence-corrected chi connectivity index (χ4v) is 3.54. The number of carbonyl (C=O) groups is 2. The van der Waals surface area contributed by atoms with Crippen molar-refractivity contribution in [3.8, 4) is 5.75 Å². The molecule has 3 rings (SSSR count). The molecule has 2 amide bonds. The molecule has 154 valence electrons. The lowest BCUT2D eigenvalue weighted by Crippen LogP contribution is -2.37. The first-order valence-corrected chi connectivity index (χ1v) is 10.1. The minimum atomic E-state index is 0.0149. The van der Waals surface area contributed by atoms with Crippen LogP contribution in [0, 0.1) is 0 Å². The molecule has 6 nitrogen and oxygen atoms in total. The molecule has 1 saturated heterocycles. The Labute approximate surface area is 172 Å². The van der Waals surface area contributed by atoms with Gasteiger partial charge in [0.25, 0.3) is 5.91 Å². The first-order valence-electron chi connectivity index (χ1n) is 10.1. The van der Waals surface area contributed by atoms with E-state index >= 15 is 0 Å². The van der Waals surface area contributed by atoms with Crippen molar-refractivity contribution in [2.75, 3.05) is 33.3 Å². The average molecular weight is 396 g/mol. The molecule has 0 atom stereocenters. The highest BCUT2D eigenvalue weighted by Crippen LogP contribution is 2.15. The van der Waals surface area contributed by atoms with E-state index in [-0.39, 0.29) is 11.8 Å². The zero-order valence-corrected chi connectivity index (χ0v) is 17.0. The van der Waals surface area contributed by atoms with Gasteiger partial charge in [0.15, 0.2) is 0 Å². The van der Waals surface area contributed by atoms with E-state index in [1.54, 1.807) is 7.11 Å². The molecule has 0 saturated carbocycles. The molecule has 0 spiro atoms. The van der Waals surface area contributed by atoms with Crippen molar-refractivity contribution in [2.24, 2.45) is 5.73 Å². The van der Waals surface area contributed by atoms with Crippen LogP contribution in [0.5, 0.6) is 5.75 Å². The molecule has 2 aromatic rings. The molecule has 0 aromatic heterocycles. The number of rotatable bonds is 6. The molecule has 1 heterocycles. The number of aryl methyl sites for hydroxylation is 1. The molecular formula is C23H29N3O3. The highest BCUT2D eigenvalue weighted by atomic mass is 16.5. The van der Waals surface area contributed by atoms with Gasteiger partial charge >= 0.3 is 0 Å². The van der Waals surface area contributed by atoms with Gasteiger partial charge in [-0.15, -0.1) is 0 Å². The van der Waals surface area contributed by atoms with Crippen LogP contribution in [0.25, 0.3) is 0 Å². The summed E-state index contributed by atoms with van der Waals surface area (Å²) < 4.78 is 5.16. The summed E-state index contributed by atoms with van der Waals surface area (Å²) >= 11 is 0. The van der Waals surface area contributed by atoms with Gasteiger partial charge in [-0.25, -0.2) is 0 Å². The summed E-state index contributed by atoms with van der Waals surface area (Å²) in [6.07, 6.45) is 1.97. The Kier molecular flexibility index (Phi) is 7.25. The quantitative estimate of drug-likeness (QED) is 0.815. The normalized spacial score (nSPS) is 14.4. The largest absolute Gasteiger partial charge is 0.497 e. The zero-order valence-electron chi connectivity index (χ0n) is 17.0. The molecule has 29 heavy (non-hydrogen) atoms. The Morgan fingerprint density at radius 1 is 0.897 bits per heavy atom. The number of nitrogens with two attached hydrogens (primary N) is 1. The highest BCUT2D eigenvalue weighted by molar-refractivity contribution is 5.94. The fourth-order valence-electron chi connectivity index (χ4n) is 3.54. The van der Waals surface area contributed by atoms with Crippen molar-refractivity contribution in [1.29, 1.82) is 0 Å². The van der Waals surface area contributed by atoms with Crippen LogP contribution in [0.2, 0.25) is 0 Å². The second kappa shape index (κ2) is 10.1. The Bertz CT molecular complexity index is 818. The number of hydrogen-bond acceptors (Lipinski definition) is 4. The van der Waals surface area contributed by atoms with Crippen LogP contribution in [0.4, 0.5) is 0 Å². The minimum absolute atomic E-state index is 0.0149. The molecule has 0 unspecified atom stereocenters. The van der Waals surface area contributed by atoms with E-state index in [1.807, 2.05) is 58.3 Å². The lowest BCUT2D eigenvalue weighted by Gasteiger charge is -2.22. The third kappa shape index (κ3) is 5.57. The van der Waals surface area contributed by atoms with Gasteiger partial charge in [-0.3, -0.25) is 9.59 Å². The molecule has 2 N–H and O–H groups in total. The second-order valence-corrected chi connectivity index (χ2v) is 7.28. The fraction of sp³-hybridized carbons (Fsp3) is 0.391. The Morgan fingerprint density at radius 2 is 1.52 bits per heavy atom. The van der Waals surface area contributed by atoms with Gasteiger partial charge in [0.05, 0.1) is 7.11 Å². The lowest BCUT2D eigenvalue weighted by molar-refractivity contribution is -0.131. The van der Waals surface area contributed by atoms with Crippen LogP contribution in [0.3, 0.4) is 0 Å². The average Bonchev–Trinajstić information content (AvgIpc) is 3.04. The SMILES string of the molecule is COc1ccc(CCC(=O)N2CCCN(C(=O)c3ccc(CN)cc3)CC2)cc1. The Balaban J connectivity index is 1.51. The third-order valence-corrected chi connectivity index (χ3v) is 5.36. The number of ether oxygens (including phenoxy) is 1. The van der Waals surface area contributed by atoms with Crippen LogP contribution in [0.1, 0.15) is 34.3 Å². The Hall–Kier alpha value is -2.86. The number of hydrogen-bond donors (Lipinski definition) is 1. The molecule has 1 aliphatic heterocycles. The minimum Gasteiger partial charge on any atom is -0.497 e. The van der Waals surface area contributed by atoms with E-state index in [0.717, 1.165) is 23.3 Å². The smallest absolute Gasteiger partial charge is 0.253 e. The molecule has 1 aliphatic rings. The predicted octanol–water partition coefficient (Wildman–Crippen LogP) is 2.46. The summed E-state index contributed by atoms with van der Waals surface area (Å²) in [5.41, 5.74) is 8.41. The molecule has 6 heteroatoms. The van der Waals surface area contributed by atoms with Crippen LogP contribution in [-0.2, 0) is 17.8 Å². The summed E-state index contributed by atoms with van der Waals surface area (Å²) in [4.78, 5) is 29.1. The summed E-state index contributed by atoms with van der Waals surface area (Å²) in [5.74, 6) is 0.971. The molecule has 0 radical (unpaired) electrons. The third-order valence-electron chi connectivity index (χ3n) is 5.36. The first kappa shape index (κ1) is 20.9.